The molecule has 4 rings (SSSR count). The number of aromatic nitrogens is 2. The van der Waals surface area contributed by atoms with Crippen LogP contribution in [0, 0.1) is 0 Å². The van der Waals surface area contributed by atoms with Crippen LogP contribution >= 0.6 is 46.6 Å². The fourth-order valence-electron chi connectivity index (χ4n) is 2.16. The normalized spacial score (nSPS) is 12.0. The minimum absolute atomic E-state index is 0.374. The smallest absolute Gasteiger partial charge is 0.167 e. The monoisotopic (exact) mass is 389 g/mol. The van der Waals surface area contributed by atoms with Gasteiger partial charge in [0.15, 0.2) is 8.68 Å². The fraction of sp³-hybridized carbons (Fsp3) is 0.176. The summed E-state index contributed by atoms with van der Waals surface area (Å²) in [6.45, 7) is 4.39. The van der Waals surface area contributed by atoms with Crippen molar-refractivity contribution in [2.75, 3.05) is 0 Å². The predicted molar refractivity (Wildman–Crippen MR) is 108 cm³/mol. The van der Waals surface area contributed by atoms with Gasteiger partial charge in [0.25, 0.3) is 0 Å². The molecule has 0 spiro atoms. The quantitative estimate of drug-likeness (QED) is 0.372. The van der Waals surface area contributed by atoms with Crippen molar-refractivity contribution in [2.24, 2.45) is 0 Å². The van der Waals surface area contributed by atoms with Crippen LogP contribution in [0.3, 0.4) is 0 Å². The van der Waals surface area contributed by atoms with Gasteiger partial charge < -0.3 is 0 Å². The molecule has 0 saturated heterocycles. The van der Waals surface area contributed by atoms with Gasteiger partial charge >= 0.3 is 0 Å². The molecule has 2 aromatic heterocycles. The van der Waals surface area contributed by atoms with Crippen LogP contribution in [0.5, 0.6) is 0 Å². The standard InChI is InChI=1S/C17H15N3S4/c1-11(2)20(23-16-18-12-7-3-5-9-14(12)21-16)24-17-19-13-8-4-6-10-15(13)22-17/h3-11H,1-2H3. The second kappa shape index (κ2) is 7.01. The molecular weight excluding hydrogens is 374 g/mol. The van der Waals surface area contributed by atoms with Gasteiger partial charge in [-0.1, -0.05) is 24.3 Å². The maximum atomic E-state index is 4.73. The first-order chi connectivity index (χ1) is 11.7. The SMILES string of the molecule is CC(C)N(Sc1nc2ccccc2s1)Sc1nc2ccccc2s1. The molecule has 0 radical (unpaired) electrons. The van der Waals surface area contributed by atoms with E-state index in [9.17, 15) is 0 Å². The van der Waals surface area contributed by atoms with Crippen molar-refractivity contribution < 1.29 is 0 Å². The zero-order valence-electron chi connectivity index (χ0n) is 13.2. The zero-order chi connectivity index (χ0) is 16.5. The molecule has 2 aromatic carbocycles. The van der Waals surface area contributed by atoms with E-state index in [-0.39, 0.29) is 0 Å². The molecule has 4 aromatic rings. The van der Waals surface area contributed by atoms with E-state index < -0.39 is 0 Å². The van der Waals surface area contributed by atoms with Crippen molar-refractivity contribution in [1.82, 2.24) is 13.7 Å². The Morgan fingerprint density at radius 3 is 1.67 bits per heavy atom. The summed E-state index contributed by atoms with van der Waals surface area (Å²) in [4.78, 5) is 9.46. The van der Waals surface area contributed by atoms with Crippen molar-refractivity contribution in [3.63, 3.8) is 0 Å². The second-order valence-corrected chi connectivity index (χ2v) is 10.2. The van der Waals surface area contributed by atoms with Crippen LogP contribution in [0.25, 0.3) is 20.4 Å². The summed E-state index contributed by atoms with van der Waals surface area (Å²) < 4.78 is 6.87. The van der Waals surface area contributed by atoms with Crippen LogP contribution in [-0.4, -0.2) is 19.7 Å². The summed E-state index contributed by atoms with van der Waals surface area (Å²) in [6.07, 6.45) is 0. The molecular formula is C17H15N3S4. The fourth-order valence-corrected chi connectivity index (χ4v) is 6.74. The Labute approximate surface area is 157 Å². The summed E-state index contributed by atoms with van der Waals surface area (Å²) in [5.41, 5.74) is 2.14. The maximum Gasteiger partial charge on any atom is 0.167 e. The van der Waals surface area contributed by atoms with Crippen LogP contribution in [0.1, 0.15) is 13.8 Å². The van der Waals surface area contributed by atoms with Gasteiger partial charge in [-0.25, -0.2) is 9.97 Å². The minimum Gasteiger partial charge on any atom is -0.228 e. The lowest BCUT2D eigenvalue weighted by Gasteiger charge is -2.20. The Morgan fingerprint density at radius 1 is 0.792 bits per heavy atom. The molecule has 0 atom stereocenters. The van der Waals surface area contributed by atoms with Crippen LogP contribution in [-0.2, 0) is 0 Å². The lowest BCUT2D eigenvalue weighted by molar-refractivity contribution is 0.600. The van der Waals surface area contributed by atoms with Crippen molar-refractivity contribution in [2.45, 2.75) is 28.6 Å². The Hall–Kier alpha value is -1.12. The summed E-state index contributed by atoms with van der Waals surface area (Å²) in [5, 5.41) is 0. The molecule has 24 heavy (non-hydrogen) atoms. The number of benzene rings is 2. The van der Waals surface area contributed by atoms with E-state index >= 15 is 0 Å². The molecule has 0 fully saturated rings. The van der Waals surface area contributed by atoms with E-state index in [0.717, 1.165) is 19.7 Å². The summed E-state index contributed by atoms with van der Waals surface area (Å²) in [6, 6.07) is 16.9. The number of thiazole rings is 2. The first-order valence-corrected chi connectivity index (χ1v) is 10.7. The number of hydrogen-bond acceptors (Lipinski definition) is 7. The molecule has 0 bridgehead atoms. The van der Waals surface area contributed by atoms with Crippen molar-refractivity contribution in [1.29, 1.82) is 0 Å². The molecule has 0 aliphatic rings. The molecule has 7 heteroatoms. The van der Waals surface area contributed by atoms with Crippen molar-refractivity contribution in [3.8, 4) is 0 Å². The maximum absolute atomic E-state index is 4.73. The predicted octanol–water partition coefficient (Wildman–Crippen LogP) is 6.33. The molecule has 3 nitrogen and oxygen atoms in total. The lowest BCUT2D eigenvalue weighted by Crippen LogP contribution is -2.15. The third-order valence-corrected chi connectivity index (χ3v) is 8.06. The van der Waals surface area contributed by atoms with Gasteiger partial charge in [0.1, 0.15) is 0 Å². The molecule has 0 amide bonds. The molecule has 0 saturated carbocycles. The first-order valence-electron chi connectivity index (χ1n) is 7.55. The lowest BCUT2D eigenvalue weighted by atomic mass is 10.3. The van der Waals surface area contributed by atoms with E-state index in [1.54, 1.807) is 46.6 Å². The van der Waals surface area contributed by atoms with Crippen LogP contribution in [0.2, 0.25) is 0 Å². The van der Waals surface area contributed by atoms with E-state index in [1.807, 2.05) is 12.1 Å². The van der Waals surface area contributed by atoms with Gasteiger partial charge in [-0.15, -0.1) is 22.7 Å². The third kappa shape index (κ3) is 3.45. The summed E-state index contributed by atoms with van der Waals surface area (Å²) >= 11 is 6.87. The molecule has 0 N–H and O–H groups in total. The van der Waals surface area contributed by atoms with Gasteiger partial charge in [0.2, 0.25) is 0 Å². The van der Waals surface area contributed by atoms with Crippen molar-refractivity contribution in [3.05, 3.63) is 48.5 Å². The van der Waals surface area contributed by atoms with E-state index in [1.165, 1.54) is 9.40 Å². The van der Waals surface area contributed by atoms with Crippen LogP contribution in [0.15, 0.2) is 57.2 Å². The molecule has 0 aliphatic carbocycles. The largest absolute Gasteiger partial charge is 0.228 e. The van der Waals surface area contributed by atoms with Gasteiger partial charge in [-0.3, -0.25) is 0 Å². The van der Waals surface area contributed by atoms with Crippen molar-refractivity contribution >= 4 is 67.0 Å². The Bertz CT molecular complexity index is 834. The molecule has 0 unspecified atom stereocenters. The first kappa shape index (κ1) is 16.4. The van der Waals surface area contributed by atoms with Crippen LogP contribution in [0.4, 0.5) is 0 Å². The third-order valence-electron chi connectivity index (χ3n) is 3.31. The average Bonchev–Trinajstić information content (AvgIpc) is 3.16. The number of fused-ring (bicyclic) bond motifs is 2. The van der Waals surface area contributed by atoms with Gasteiger partial charge in [0.05, 0.1) is 20.4 Å². The second-order valence-electron chi connectivity index (χ2n) is 5.46. The highest BCUT2D eigenvalue weighted by Gasteiger charge is 2.18. The van der Waals surface area contributed by atoms with Gasteiger partial charge in [-0.05, 0) is 38.1 Å². The molecule has 122 valence electrons. The Kier molecular flexibility index (Phi) is 4.78. The highest BCUT2D eigenvalue weighted by Crippen LogP contribution is 2.41. The summed E-state index contributed by atoms with van der Waals surface area (Å²) in [7, 11) is 0. The van der Waals surface area contributed by atoms with E-state index in [4.69, 9.17) is 9.97 Å². The molecule has 0 aliphatic heterocycles. The summed E-state index contributed by atoms with van der Waals surface area (Å²) in [5.74, 6) is 0. The number of hydrogen-bond donors (Lipinski definition) is 0. The van der Waals surface area contributed by atoms with Gasteiger partial charge in [-0.2, -0.15) is 3.71 Å². The molecule has 2 heterocycles. The number of rotatable bonds is 5. The van der Waals surface area contributed by atoms with E-state index in [0.29, 0.717) is 6.04 Å². The van der Waals surface area contributed by atoms with Crippen LogP contribution < -0.4 is 0 Å². The zero-order valence-corrected chi connectivity index (χ0v) is 16.4. The topological polar surface area (TPSA) is 29.0 Å². The number of nitrogens with zero attached hydrogens (tertiary/aromatic N) is 3. The highest BCUT2D eigenvalue weighted by molar-refractivity contribution is 8.13. The average molecular weight is 390 g/mol. The Balaban J connectivity index is 1.57. The highest BCUT2D eigenvalue weighted by atomic mass is 32.2. The number of para-hydroxylation sites is 2. The Morgan fingerprint density at radius 2 is 1.25 bits per heavy atom. The van der Waals surface area contributed by atoms with Gasteiger partial charge in [0, 0.05) is 29.9 Å². The minimum atomic E-state index is 0.374. The van der Waals surface area contributed by atoms with E-state index in [2.05, 4.69) is 54.0 Å².